The summed E-state index contributed by atoms with van der Waals surface area (Å²) in [6, 6.07) is 0. The Hall–Kier alpha value is -0.620. The van der Waals surface area contributed by atoms with Gasteiger partial charge >= 0.3 is 6.18 Å². The quantitative estimate of drug-likeness (QED) is 0.730. The maximum Gasteiger partial charge on any atom is 0.391 e. The molecule has 2 heterocycles. The number of alkyl halides is 3. The first-order chi connectivity index (χ1) is 8.45. The van der Waals surface area contributed by atoms with Crippen molar-refractivity contribution in [1.82, 2.24) is 4.90 Å². The molecular weight excluding hydrogens is 247 g/mol. The normalized spacial score (nSPS) is 31.7. The van der Waals surface area contributed by atoms with E-state index in [-0.39, 0.29) is 12.8 Å². The van der Waals surface area contributed by atoms with Crippen molar-refractivity contribution < 1.29 is 22.7 Å². The van der Waals surface area contributed by atoms with Crippen molar-refractivity contribution in [3.8, 4) is 0 Å². The molecule has 1 atom stereocenters. The molecule has 6 heteroatoms. The molecule has 104 valence electrons. The van der Waals surface area contributed by atoms with Gasteiger partial charge in [-0.15, -0.1) is 0 Å². The average Bonchev–Trinajstić information content (AvgIpc) is 2.78. The van der Waals surface area contributed by atoms with Gasteiger partial charge < -0.3 is 14.4 Å². The summed E-state index contributed by atoms with van der Waals surface area (Å²) in [5.41, 5.74) is -0.495. The van der Waals surface area contributed by atoms with Crippen molar-refractivity contribution in [2.45, 2.75) is 25.4 Å². The van der Waals surface area contributed by atoms with Gasteiger partial charge in [-0.2, -0.15) is 13.2 Å². The average molecular weight is 265 g/mol. The first-order valence-corrected chi connectivity index (χ1v) is 6.28. The first-order valence-electron chi connectivity index (χ1n) is 6.28. The molecule has 0 amide bonds. The summed E-state index contributed by atoms with van der Waals surface area (Å²) < 4.78 is 42.8. The summed E-state index contributed by atoms with van der Waals surface area (Å²) in [4.78, 5) is 13.1. The van der Waals surface area contributed by atoms with Gasteiger partial charge in [-0.1, -0.05) is 0 Å². The van der Waals surface area contributed by atoms with Crippen molar-refractivity contribution in [3.63, 3.8) is 0 Å². The van der Waals surface area contributed by atoms with Crippen molar-refractivity contribution in [3.05, 3.63) is 0 Å². The molecule has 2 aliphatic rings. The van der Waals surface area contributed by atoms with Gasteiger partial charge in [0.1, 0.15) is 6.29 Å². The Labute approximate surface area is 104 Å². The van der Waals surface area contributed by atoms with Crippen LogP contribution in [-0.2, 0) is 9.53 Å². The molecule has 0 bridgehead atoms. The maximum absolute atomic E-state index is 12.5. The van der Waals surface area contributed by atoms with E-state index in [9.17, 15) is 18.0 Å². The summed E-state index contributed by atoms with van der Waals surface area (Å²) in [6.07, 6.45) is -2.21. The van der Waals surface area contributed by atoms with E-state index in [1.807, 2.05) is 4.90 Å². The summed E-state index contributed by atoms with van der Waals surface area (Å²) in [7, 11) is 0. The number of aldehydes is 1. The molecule has 0 aromatic rings. The number of halogens is 3. The molecule has 0 N–H and O–H groups in total. The van der Waals surface area contributed by atoms with Crippen LogP contribution in [0.1, 0.15) is 19.3 Å². The van der Waals surface area contributed by atoms with Crippen LogP contribution in [0.2, 0.25) is 0 Å². The molecule has 1 unspecified atom stereocenters. The van der Waals surface area contributed by atoms with Gasteiger partial charge in [-0.3, -0.25) is 0 Å². The number of piperidine rings is 1. The number of carbonyl (C=O) groups is 1. The molecule has 0 aromatic carbocycles. The lowest BCUT2D eigenvalue weighted by atomic mass is 9.87. The number of likely N-dealkylation sites (tertiary alicyclic amines) is 1. The number of hydrogen-bond donors (Lipinski definition) is 0. The molecule has 2 saturated heterocycles. The molecule has 3 nitrogen and oxygen atoms in total. The fourth-order valence-electron chi connectivity index (χ4n) is 2.74. The van der Waals surface area contributed by atoms with Gasteiger partial charge in [0, 0.05) is 13.2 Å². The number of carbonyl (C=O) groups excluding carboxylic acids is 1. The van der Waals surface area contributed by atoms with E-state index in [2.05, 4.69) is 0 Å². The molecular formula is C12H18F3NO2. The highest BCUT2D eigenvalue weighted by molar-refractivity contribution is 5.60. The molecule has 0 aromatic heterocycles. The van der Waals surface area contributed by atoms with Crippen LogP contribution in [-0.4, -0.2) is 50.2 Å². The molecule has 0 radical (unpaired) electrons. The Kier molecular flexibility index (Phi) is 3.96. The maximum atomic E-state index is 12.5. The zero-order valence-corrected chi connectivity index (χ0v) is 10.2. The molecule has 0 saturated carbocycles. The Morgan fingerprint density at radius 1 is 1.33 bits per heavy atom. The zero-order valence-electron chi connectivity index (χ0n) is 10.2. The minimum atomic E-state index is -4.08. The van der Waals surface area contributed by atoms with E-state index in [0.717, 1.165) is 6.29 Å². The highest BCUT2D eigenvalue weighted by Crippen LogP contribution is 2.35. The van der Waals surface area contributed by atoms with Crippen LogP contribution < -0.4 is 0 Å². The van der Waals surface area contributed by atoms with Gasteiger partial charge in [0.25, 0.3) is 0 Å². The Bertz CT molecular complexity index is 292. The van der Waals surface area contributed by atoms with Crippen LogP contribution in [0.4, 0.5) is 13.2 Å². The largest absolute Gasteiger partial charge is 0.391 e. The first kappa shape index (κ1) is 13.8. The smallest absolute Gasteiger partial charge is 0.380 e. The molecule has 0 spiro atoms. The van der Waals surface area contributed by atoms with Gasteiger partial charge in [0.05, 0.1) is 17.9 Å². The number of nitrogens with zero attached hydrogens (tertiary/aromatic N) is 1. The zero-order chi connectivity index (χ0) is 13.2. The second-order valence-corrected chi connectivity index (χ2v) is 5.37. The molecule has 2 aliphatic heterocycles. The van der Waals surface area contributed by atoms with Gasteiger partial charge in [0.2, 0.25) is 0 Å². The van der Waals surface area contributed by atoms with Crippen LogP contribution in [0.3, 0.4) is 0 Å². The van der Waals surface area contributed by atoms with Crippen LogP contribution in [0.25, 0.3) is 0 Å². The Morgan fingerprint density at radius 2 is 2.00 bits per heavy atom. The summed E-state index contributed by atoms with van der Waals surface area (Å²) in [5.74, 6) is -1.18. The lowest BCUT2D eigenvalue weighted by molar-refractivity contribution is -0.185. The fourth-order valence-corrected chi connectivity index (χ4v) is 2.74. The van der Waals surface area contributed by atoms with E-state index in [0.29, 0.717) is 39.3 Å². The minimum Gasteiger partial charge on any atom is -0.380 e. The number of hydrogen-bond acceptors (Lipinski definition) is 3. The van der Waals surface area contributed by atoms with E-state index in [1.165, 1.54) is 0 Å². The third-order valence-electron chi connectivity index (χ3n) is 3.97. The van der Waals surface area contributed by atoms with Crippen molar-refractivity contribution >= 4 is 6.29 Å². The SMILES string of the molecule is O=CC1(CN2CCC(C(F)(F)F)CC2)CCOC1. The monoisotopic (exact) mass is 265 g/mol. The molecule has 2 fully saturated rings. The van der Waals surface area contributed by atoms with Crippen molar-refractivity contribution in [1.29, 1.82) is 0 Å². The predicted molar refractivity (Wildman–Crippen MR) is 59.2 cm³/mol. The standard InChI is InChI=1S/C12H18F3NO2/c13-12(14,15)10-1-4-16(5-2-10)7-11(8-17)3-6-18-9-11/h8,10H,1-7,9H2. The molecule has 0 aliphatic carbocycles. The lowest BCUT2D eigenvalue weighted by Crippen LogP contribution is -2.45. The molecule has 2 rings (SSSR count). The topological polar surface area (TPSA) is 29.5 Å². The molecule has 18 heavy (non-hydrogen) atoms. The lowest BCUT2D eigenvalue weighted by Gasteiger charge is -2.36. The second kappa shape index (κ2) is 5.17. The summed E-state index contributed by atoms with van der Waals surface area (Å²) in [6.45, 7) is 2.33. The number of rotatable bonds is 3. The second-order valence-electron chi connectivity index (χ2n) is 5.37. The van der Waals surface area contributed by atoms with E-state index in [1.54, 1.807) is 0 Å². The summed E-state index contributed by atoms with van der Waals surface area (Å²) in [5, 5.41) is 0. The van der Waals surface area contributed by atoms with E-state index in [4.69, 9.17) is 4.74 Å². The van der Waals surface area contributed by atoms with E-state index < -0.39 is 17.5 Å². The van der Waals surface area contributed by atoms with Gasteiger partial charge in [0.15, 0.2) is 0 Å². The minimum absolute atomic E-state index is 0.138. The Balaban J connectivity index is 1.85. The predicted octanol–water partition coefficient (Wildman–Crippen LogP) is 1.87. The van der Waals surface area contributed by atoms with Crippen LogP contribution in [0.5, 0.6) is 0 Å². The van der Waals surface area contributed by atoms with Crippen LogP contribution in [0, 0.1) is 11.3 Å². The van der Waals surface area contributed by atoms with Crippen LogP contribution >= 0.6 is 0 Å². The highest BCUT2D eigenvalue weighted by atomic mass is 19.4. The van der Waals surface area contributed by atoms with Gasteiger partial charge in [-0.05, 0) is 32.4 Å². The summed E-state index contributed by atoms with van der Waals surface area (Å²) >= 11 is 0. The highest BCUT2D eigenvalue weighted by Gasteiger charge is 2.43. The van der Waals surface area contributed by atoms with Gasteiger partial charge in [-0.25, -0.2) is 0 Å². The number of ether oxygens (including phenoxy) is 1. The van der Waals surface area contributed by atoms with Crippen molar-refractivity contribution in [2.75, 3.05) is 32.8 Å². The van der Waals surface area contributed by atoms with Crippen molar-refractivity contribution in [2.24, 2.45) is 11.3 Å². The fraction of sp³-hybridized carbons (Fsp3) is 0.917. The van der Waals surface area contributed by atoms with E-state index >= 15 is 0 Å². The Morgan fingerprint density at radius 3 is 2.44 bits per heavy atom. The third-order valence-corrected chi connectivity index (χ3v) is 3.97. The van der Waals surface area contributed by atoms with Crippen LogP contribution in [0.15, 0.2) is 0 Å². The third kappa shape index (κ3) is 3.03.